The van der Waals surface area contributed by atoms with Gasteiger partial charge in [0.15, 0.2) is 0 Å². The molecule has 0 aliphatic heterocycles. The van der Waals surface area contributed by atoms with Crippen LogP contribution < -0.4 is 11.1 Å². The molecule has 2 aliphatic rings. The molecule has 114 valence electrons. The number of rotatable bonds is 4. The van der Waals surface area contributed by atoms with Crippen LogP contribution in [0.1, 0.15) is 51.0 Å². The Hall–Kier alpha value is -1.35. The van der Waals surface area contributed by atoms with Crippen molar-refractivity contribution < 1.29 is 4.79 Å². The summed E-state index contributed by atoms with van der Waals surface area (Å²) in [6.45, 7) is 2.78. The monoisotopic (exact) mass is 286 g/mol. The highest BCUT2D eigenvalue weighted by molar-refractivity contribution is 5.80. The molecule has 2 unspecified atom stereocenters. The zero-order valence-electron chi connectivity index (χ0n) is 12.9. The van der Waals surface area contributed by atoms with Crippen molar-refractivity contribution in [1.29, 1.82) is 0 Å². The van der Waals surface area contributed by atoms with E-state index in [-0.39, 0.29) is 22.8 Å². The maximum absolute atomic E-state index is 12.5. The Balaban J connectivity index is 1.61. The van der Waals surface area contributed by atoms with Crippen molar-refractivity contribution in [1.82, 2.24) is 5.32 Å². The molecule has 3 N–H and O–H groups in total. The SMILES string of the molecule is CC1(N)CCCCC1C(=O)NCC1(c2ccccc2)CC1. The van der Waals surface area contributed by atoms with E-state index < -0.39 is 0 Å². The van der Waals surface area contributed by atoms with Gasteiger partial charge in [-0.3, -0.25) is 4.79 Å². The lowest BCUT2D eigenvalue weighted by Crippen LogP contribution is -2.53. The molecule has 0 radical (unpaired) electrons. The Kier molecular flexibility index (Phi) is 3.78. The van der Waals surface area contributed by atoms with Gasteiger partial charge in [-0.15, -0.1) is 0 Å². The molecule has 3 rings (SSSR count). The third kappa shape index (κ3) is 2.98. The summed E-state index contributed by atoms with van der Waals surface area (Å²) in [7, 11) is 0. The molecule has 2 saturated carbocycles. The van der Waals surface area contributed by atoms with Gasteiger partial charge in [-0.2, -0.15) is 0 Å². The van der Waals surface area contributed by atoms with Crippen LogP contribution >= 0.6 is 0 Å². The van der Waals surface area contributed by atoms with Gasteiger partial charge in [0, 0.05) is 17.5 Å². The van der Waals surface area contributed by atoms with Crippen LogP contribution in [0.5, 0.6) is 0 Å². The highest BCUT2D eigenvalue weighted by Crippen LogP contribution is 2.47. The van der Waals surface area contributed by atoms with Crippen molar-refractivity contribution in [2.75, 3.05) is 6.54 Å². The number of hydrogen-bond acceptors (Lipinski definition) is 2. The third-order valence-electron chi connectivity index (χ3n) is 5.41. The van der Waals surface area contributed by atoms with E-state index in [9.17, 15) is 4.79 Å². The molecule has 0 bridgehead atoms. The van der Waals surface area contributed by atoms with Crippen molar-refractivity contribution in [2.45, 2.75) is 56.4 Å². The van der Waals surface area contributed by atoms with Gasteiger partial charge in [-0.1, -0.05) is 43.2 Å². The molecule has 0 aromatic heterocycles. The summed E-state index contributed by atoms with van der Waals surface area (Å²) in [6.07, 6.45) is 6.48. The van der Waals surface area contributed by atoms with Crippen LogP contribution in [0.25, 0.3) is 0 Å². The summed E-state index contributed by atoms with van der Waals surface area (Å²) in [5.41, 5.74) is 7.52. The first-order chi connectivity index (χ1) is 10.0. The van der Waals surface area contributed by atoms with E-state index in [0.29, 0.717) is 0 Å². The third-order valence-corrected chi connectivity index (χ3v) is 5.41. The summed E-state index contributed by atoms with van der Waals surface area (Å²) in [6, 6.07) is 10.5. The lowest BCUT2D eigenvalue weighted by molar-refractivity contribution is -0.128. The molecule has 2 aliphatic carbocycles. The smallest absolute Gasteiger partial charge is 0.224 e. The Morgan fingerprint density at radius 1 is 1.24 bits per heavy atom. The van der Waals surface area contributed by atoms with E-state index in [1.807, 2.05) is 13.0 Å². The average molecular weight is 286 g/mol. The van der Waals surface area contributed by atoms with Crippen LogP contribution in [-0.4, -0.2) is 18.0 Å². The highest BCUT2D eigenvalue weighted by atomic mass is 16.1. The van der Waals surface area contributed by atoms with Crippen LogP contribution in [0.3, 0.4) is 0 Å². The second-order valence-electron chi connectivity index (χ2n) is 7.17. The summed E-state index contributed by atoms with van der Waals surface area (Å²) in [4.78, 5) is 12.5. The minimum absolute atomic E-state index is 0.0298. The predicted molar refractivity (Wildman–Crippen MR) is 84.9 cm³/mol. The molecular weight excluding hydrogens is 260 g/mol. The van der Waals surface area contributed by atoms with Crippen LogP contribution in [0.4, 0.5) is 0 Å². The van der Waals surface area contributed by atoms with Crippen molar-refractivity contribution in [3.63, 3.8) is 0 Å². The Morgan fingerprint density at radius 3 is 2.57 bits per heavy atom. The van der Waals surface area contributed by atoms with E-state index in [1.54, 1.807) is 0 Å². The molecule has 1 aromatic rings. The van der Waals surface area contributed by atoms with E-state index in [2.05, 4.69) is 29.6 Å². The maximum Gasteiger partial charge on any atom is 0.224 e. The average Bonchev–Trinajstić information content (AvgIpc) is 3.26. The van der Waals surface area contributed by atoms with Crippen molar-refractivity contribution in [3.05, 3.63) is 35.9 Å². The van der Waals surface area contributed by atoms with E-state index in [1.165, 1.54) is 18.4 Å². The lowest BCUT2D eigenvalue weighted by Gasteiger charge is -2.37. The number of nitrogens with one attached hydrogen (secondary N) is 1. The normalized spacial score (nSPS) is 30.7. The van der Waals surface area contributed by atoms with Crippen LogP contribution in [0.15, 0.2) is 30.3 Å². The zero-order valence-corrected chi connectivity index (χ0v) is 12.9. The van der Waals surface area contributed by atoms with Crippen LogP contribution in [-0.2, 0) is 10.2 Å². The summed E-state index contributed by atoms with van der Waals surface area (Å²) >= 11 is 0. The van der Waals surface area contributed by atoms with Gasteiger partial charge in [-0.05, 0) is 38.2 Å². The molecule has 2 atom stereocenters. The van der Waals surface area contributed by atoms with Crippen LogP contribution in [0, 0.1) is 5.92 Å². The summed E-state index contributed by atoms with van der Waals surface area (Å²) in [5, 5.41) is 3.19. The van der Waals surface area contributed by atoms with Crippen molar-refractivity contribution >= 4 is 5.91 Å². The number of carbonyl (C=O) groups excluding carboxylic acids is 1. The number of hydrogen-bond donors (Lipinski definition) is 2. The van der Waals surface area contributed by atoms with Crippen molar-refractivity contribution in [2.24, 2.45) is 11.7 Å². The Bertz CT molecular complexity index is 505. The fourth-order valence-corrected chi connectivity index (χ4v) is 3.68. The van der Waals surface area contributed by atoms with E-state index in [0.717, 1.165) is 32.2 Å². The Labute approximate surface area is 127 Å². The molecule has 0 saturated heterocycles. The molecular formula is C18H26N2O. The largest absolute Gasteiger partial charge is 0.355 e. The number of benzene rings is 1. The van der Waals surface area contributed by atoms with Crippen molar-refractivity contribution in [3.8, 4) is 0 Å². The molecule has 1 aromatic carbocycles. The fourth-order valence-electron chi connectivity index (χ4n) is 3.68. The molecule has 2 fully saturated rings. The lowest BCUT2D eigenvalue weighted by atomic mass is 9.74. The van der Waals surface area contributed by atoms with E-state index >= 15 is 0 Å². The minimum Gasteiger partial charge on any atom is -0.355 e. The van der Waals surface area contributed by atoms with Gasteiger partial charge < -0.3 is 11.1 Å². The maximum atomic E-state index is 12.5. The molecule has 3 heteroatoms. The number of nitrogens with two attached hydrogens (primary N) is 1. The first-order valence-corrected chi connectivity index (χ1v) is 8.16. The molecule has 0 heterocycles. The fraction of sp³-hybridized carbons (Fsp3) is 0.611. The number of amides is 1. The second kappa shape index (κ2) is 5.45. The molecule has 1 amide bonds. The second-order valence-corrected chi connectivity index (χ2v) is 7.17. The summed E-state index contributed by atoms with van der Waals surface area (Å²) < 4.78 is 0. The molecule has 21 heavy (non-hydrogen) atoms. The van der Waals surface area contributed by atoms with Crippen LogP contribution in [0.2, 0.25) is 0 Å². The Morgan fingerprint density at radius 2 is 1.95 bits per heavy atom. The topological polar surface area (TPSA) is 55.1 Å². The van der Waals surface area contributed by atoms with Gasteiger partial charge in [0.05, 0.1) is 5.92 Å². The van der Waals surface area contributed by atoms with Gasteiger partial charge in [-0.25, -0.2) is 0 Å². The predicted octanol–water partition coefficient (Wildman–Crippen LogP) is 2.74. The van der Waals surface area contributed by atoms with E-state index in [4.69, 9.17) is 5.73 Å². The van der Waals surface area contributed by atoms with Gasteiger partial charge in [0.25, 0.3) is 0 Å². The van der Waals surface area contributed by atoms with Gasteiger partial charge in [0.2, 0.25) is 5.91 Å². The minimum atomic E-state index is -0.341. The van der Waals surface area contributed by atoms with Gasteiger partial charge >= 0.3 is 0 Å². The first-order valence-electron chi connectivity index (χ1n) is 8.16. The highest BCUT2D eigenvalue weighted by Gasteiger charge is 2.45. The zero-order chi connectivity index (χ0) is 14.9. The first kappa shape index (κ1) is 14.6. The van der Waals surface area contributed by atoms with Gasteiger partial charge in [0.1, 0.15) is 0 Å². The standard InChI is InChI=1S/C18H26N2O/c1-17(19)10-6-5-9-15(17)16(21)20-13-18(11-12-18)14-7-3-2-4-8-14/h2-4,7-8,15H,5-6,9-13,19H2,1H3,(H,20,21). The molecule has 0 spiro atoms. The summed E-state index contributed by atoms with van der Waals surface area (Å²) in [5.74, 6) is 0.125. The molecule has 3 nitrogen and oxygen atoms in total. The number of carbonyl (C=O) groups is 1. The quantitative estimate of drug-likeness (QED) is 0.894.